The van der Waals surface area contributed by atoms with Crippen LogP contribution in [0.1, 0.15) is 59.2 Å². The molecule has 1 aliphatic rings. The molecule has 2 aromatic rings. The Morgan fingerprint density at radius 2 is 1.77 bits per heavy atom. The van der Waals surface area contributed by atoms with Crippen molar-refractivity contribution in [2.24, 2.45) is 10.2 Å². The predicted molar refractivity (Wildman–Crippen MR) is 142 cm³/mol. The number of hydrogen-bond donors (Lipinski definition) is 5. The summed E-state index contributed by atoms with van der Waals surface area (Å²) in [6.07, 6.45) is 1.78. The van der Waals surface area contributed by atoms with Crippen molar-refractivity contribution in [3.63, 3.8) is 0 Å². The zero-order valence-corrected chi connectivity index (χ0v) is 23.2. The zero-order chi connectivity index (χ0) is 26.6. The summed E-state index contributed by atoms with van der Waals surface area (Å²) in [5, 5.41) is 28.6. The van der Waals surface area contributed by atoms with Gasteiger partial charge in [0, 0.05) is 17.6 Å². The molecule has 0 amide bonds. The van der Waals surface area contributed by atoms with E-state index in [0.717, 1.165) is 12.7 Å². The fourth-order valence-electron chi connectivity index (χ4n) is 4.03. The van der Waals surface area contributed by atoms with Crippen molar-refractivity contribution in [1.29, 1.82) is 0 Å². The highest BCUT2D eigenvalue weighted by Gasteiger charge is 2.37. The number of nitrogens with one attached hydrogen (secondary N) is 3. The topological polar surface area (TPSA) is 145 Å². The number of fused-ring (bicyclic) bond motifs is 1. The number of benzene rings is 1. The number of nitrogens with zero attached hydrogens (tertiary/aromatic N) is 2. The van der Waals surface area contributed by atoms with Crippen molar-refractivity contribution in [3.8, 4) is 11.6 Å². The van der Waals surface area contributed by atoms with Gasteiger partial charge in [0.05, 0.1) is 22.9 Å². The van der Waals surface area contributed by atoms with Crippen LogP contribution in [-0.4, -0.2) is 42.3 Å². The van der Waals surface area contributed by atoms with Crippen LogP contribution in [-0.2, 0) is 26.5 Å². The van der Waals surface area contributed by atoms with Crippen LogP contribution in [0.5, 0.6) is 11.6 Å². The fourth-order valence-corrected chi connectivity index (χ4v) is 6.24. The van der Waals surface area contributed by atoms with Gasteiger partial charge in [-0.25, -0.2) is 13.5 Å². The Morgan fingerprint density at radius 3 is 2.29 bits per heavy atom. The summed E-state index contributed by atoms with van der Waals surface area (Å²) in [6.45, 7) is 12.6. The highest BCUT2D eigenvalue weighted by Crippen LogP contribution is 2.50. The SMILES string of the molecule is CNP1(=O)N=C(c2c(O)c(C(C)(C)C)n(CCC(C)(C)C)c2O)Nc2ccc(NS(C)(=O)=O)cc21. The van der Waals surface area contributed by atoms with Gasteiger partial charge in [0.25, 0.3) is 7.44 Å². The van der Waals surface area contributed by atoms with E-state index in [4.69, 9.17) is 0 Å². The molecule has 1 unspecified atom stereocenters. The largest absolute Gasteiger partial charge is 0.505 e. The number of anilines is 2. The van der Waals surface area contributed by atoms with Crippen LogP contribution in [0.2, 0.25) is 0 Å². The molecule has 12 heteroatoms. The Kier molecular flexibility index (Phi) is 6.87. The first-order chi connectivity index (χ1) is 15.9. The molecule has 1 aromatic heterocycles. The fraction of sp³-hybridized carbons (Fsp3) is 0.522. The molecule has 0 bridgehead atoms. The van der Waals surface area contributed by atoms with Crippen molar-refractivity contribution in [2.45, 2.75) is 59.9 Å². The molecule has 2 heterocycles. The highest BCUT2D eigenvalue weighted by atomic mass is 32.2. The minimum absolute atomic E-state index is 0.000733. The second-order valence-electron chi connectivity index (χ2n) is 11.1. The van der Waals surface area contributed by atoms with Crippen molar-refractivity contribution in [3.05, 3.63) is 29.5 Å². The van der Waals surface area contributed by atoms with Gasteiger partial charge in [-0.1, -0.05) is 41.5 Å². The quantitative estimate of drug-likeness (QED) is 0.360. The molecule has 0 spiro atoms. The Morgan fingerprint density at radius 1 is 1.14 bits per heavy atom. The Bertz CT molecular complexity index is 1330. The normalized spacial score (nSPS) is 18.6. The molecule has 194 valence electrons. The third-order valence-electron chi connectivity index (χ3n) is 5.67. The lowest BCUT2D eigenvalue weighted by atomic mass is 9.89. The van der Waals surface area contributed by atoms with Crippen LogP contribution in [0.25, 0.3) is 0 Å². The monoisotopic (exact) mass is 525 g/mol. The average molecular weight is 526 g/mol. The molecular weight excluding hydrogens is 489 g/mol. The molecule has 0 fully saturated rings. The minimum Gasteiger partial charge on any atom is -0.505 e. The molecule has 1 atom stereocenters. The van der Waals surface area contributed by atoms with E-state index in [9.17, 15) is 23.2 Å². The number of sulfonamides is 1. The lowest BCUT2D eigenvalue weighted by Crippen LogP contribution is -2.29. The smallest absolute Gasteiger partial charge is 0.288 e. The summed E-state index contributed by atoms with van der Waals surface area (Å²) in [5.74, 6) is -0.227. The Labute approximate surface area is 207 Å². The third kappa shape index (κ3) is 5.68. The maximum Gasteiger partial charge on any atom is 0.288 e. The van der Waals surface area contributed by atoms with E-state index in [1.807, 2.05) is 20.8 Å². The van der Waals surface area contributed by atoms with Gasteiger partial charge in [0.15, 0.2) is 11.6 Å². The van der Waals surface area contributed by atoms with Crippen molar-refractivity contribution in [2.75, 3.05) is 23.3 Å². The summed E-state index contributed by atoms with van der Waals surface area (Å²) in [7, 11) is -5.66. The molecule has 1 aromatic carbocycles. The van der Waals surface area contributed by atoms with Gasteiger partial charge in [-0.15, -0.1) is 0 Å². The number of amidine groups is 1. The van der Waals surface area contributed by atoms with E-state index in [1.54, 1.807) is 10.6 Å². The second kappa shape index (κ2) is 8.87. The highest BCUT2D eigenvalue weighted by molar-refractivity contribution is 7.92. The van der Waals surface area contributed by atoms with E-state index < -0.39 is 22.9 Å². The van der Waals surface area contributed by atoms with E-state index >= 15 is 0 Å². The summed E-state index contributed by atoms with van der Waals surface area (Å²) < 4.78 is 45.6. The van der Waals surface area contributed by atoms with E-state index in [-0.39, 0.29) is 39.4 Å². The van der Waals surface area contributed by atoms with E-state index in [2.05, 4.69) is 40.7 Å². The molecule has 3 rings (SSSR count). The molecule has 0 saturated heterocycles. The van der Waals surface area contributed by atoms with Crippen molar-refractivity contribution < 1.29 is 23.2 Å². The van der Waals surface area contributed by atoms with Crippen LogP contribution >= 0.6 is 7.44 Å². The molecule has 5 N–H and O–H groups in total. The summed E-state index contributed by atoms with van der Waals surface area (Å²) >= 11 is 0. The van der Waals surface area contributed by atoms with Gasteiger partial charge in [0.2, 0.25) is 15.9 Å². The van der Waals surface area contributed by atoms with Crippen molar-refractivity contribution in [1.82, 2.24) is 9.65 Å². The summed E-state index contributed by atoms with van der Waals surface area (Å²) in [4.78, 5) is 0. The maximum atomic E-state index is 13.8. The number of rotatable bonds is 6. The molecule has 0 saturated carbocycles. The van der Waals surface area contributed by atoms with Crippen LogP contribution < -0.4 is 20.4 Å². The van der Waals surface area contributed by atoms with E-state index in [0.29, 0.717) is 17.9 Å². The Hall–Kier alpha value is -2.49. The standard InChI is InChI=1S/C23H36N5O5PS/c1-22(2,3)11-12-28-19(23(4,5)6)18(29)17(21(28)30)20-25-15-10-9-14(27-35(8,32)33)13-16(15)34(31,24-7)26-20/h9-10,13,27,29-30H,11-12H2,1-8H3,(H2,24,25,26,31). The third-order valence-corrected chi connectivity index (χ3v) is 8.38. The first-order valence-corrected chi connectivity index (χ1v) is 14.9. The molecule has 0 radical (unpaired) electrons. The van der Waals surface area contributed by atoms with Crippen LogP contribution in [0.4, 0.5) is 11.4 Å². The van der Waals surface area contributed by atoms with E-state index in [1.165, 1.54) is 19.2 Å². The van der Waals surface area contributed by atoms with Crippen LogP contribution in [0, 0.1) is 5.41 Å². The molecular formula is C23H36N5O5PS. The summed E-state index contributed by atoms with van der Waals surface area (Å²) in [6, 6.07) is 4.57. The minimum atomic E-state index is -3.62. The van der Waals surface area contributed by atoms with Crippen molar-refractivity contribution >= 4 is 40.0 Å². The molecule has 1 aliphatic heterocycles. The number of aromatic hydroxyl groups is 2. The molecule has 10 nitrogen and oxygen atoms in total. The Balaban J connectivity index is 2.17. The first kappa shape index (κ1) is 27.1. The van der Waals surface area contributed by atoms with Gasteiger partial charge in [-0.2, -0.15) is 4.76 Å². The van der Waals surface area contributed by atoms with Crippen LogP contribution in [0.3, 0.4) is 0 Å². The van der Waals surface area contributed by atoms with Crippen LogP contribution in [0.15, 0.2) is 23.0 Å². The second-order valence-corrected chi connectivity index (χ2v) is 15.1. The predicted octanol–water partition coefficient (Wildman–Crippen LogP) is 3.91. The van der Waals surface area contributed by atoms with Gasteiger partial charge >= 0.3 is 0 Å². The first-order valence-electron chi connectivity index (χ1n) is 11.3. The maximum absolute atomic E-state index is 13.8. The number of aromatic nitrogens is 1. The van der Waals surface area contributed by atoms with Gasteiger partial charge in [-0.05, 0) is 37.1 Å². The van der Waals surface area contributed by atoms with Gasteiger partial charge in [0.1, 0.15) is 5.56 Å². The average Bonchev–Trinajstić information content (AvgIpc) is 2.94. The zero-order valence-electron chi connectivity index (χ0n) is 21.5. The summed E-state index contributed by atoms with van der Waals surface area (Å²) in [5.41, 5.74) is 0.797. The van der Waals surface area contributed by atoms with Gasteiger partial charge in [-0.3, -0.25) is 9.29 Å². The van der Waals surface area contributed by atoms with Gasteiger partial charge < -0.3 is 20.1 Å². The lowest BCUT2D eigenvalue weighted by molar-refractivity contribution is 0.319. The molecule has 0 aliphatic carbocycles. The number of hydrogen-bond acceptors (Lipinski definition) is 6. The lowest BCUT2D eigenvalue weighted by Gasteiger charge is -2.25. The molecule has 35 heavy (non-hydrogen) atoms.